The molecule has 0 aromatic carbocycles. The van der Waals surface area contributed by atoms with Crippen molar-refractivity contribution in [2.24, 2.45) is 11.7 Å². The summed E-state index contributed by atoms with van der Waals surface area (Å²) < 4.78 is 0. The van der Waals surface area contributed by atoms with Crippen LogP contribution in [-0.2, 0) is 0 Å². The lowest BCUT2D eigenvalue weighted by molar-refractivity contribution is 0.375. The minimum atomic E-state index is 0.742. The molecule has 1 aliphatic rings. The van der Waals surface area contributed by atoms with Crippen molar-refractivity contribution < 1.29 is 0 Å². The molecule has 2 nitrogen and oxygen atoms in total. The van der Waals surface area contributed by atoms with Gasteiger partial charge in [-0.1, -0.05) is 6.58 Å². The Morgan fingerprint density at radius 2 is 2.50 bits per heavy atom. The number of nitrogens with two attached hydrogens (primary N) is 1. The molecule has 0 amide bonds. The van der Waals surface area contributed by atoms with E-state index in [0.717, 1.165) is 24.6 Å². The van der Waals surface area contributed by atoms with Crippen molar-refractivity contribution >= 4 is 0 Å². The van der Waals surface area contributed by atoms with Gasteiger partial charge in [0.1, 0.15) is 0 Å². The summed E-state index contributed by atoms with van der Waals surface area (Å²) in [6, 6.07) is 0. The molecule has 1 saturated heterocycles. The van der Waals surface area contributed by atoms with E-state index in [1.807, 2.05) is 0 Å². The molecule has 0 radical (unpaired) electrons. The summed E-state index contributed by atoms with van der Waals surface area (Å²) in [5.74, 6) is 0.742. The van der Waals surface area contributed by atoms with Crippen molar-refractivity contribution in [1.82, 2.24) is 5.32 Å². The Kier molecular flexibility index (Phi) is 2.75. The van der Waals surface area contributed by atoms with Gasteiger partial charge >= 0.3 is 0 Å². The normalized spacial score (nSPS) is 26.2. The predicted molar refractivity (Wildman–Crippen MR) is 43.5 cm³/mol. The van der Waals surface area contributed by atoms with Crippen molar-refractivity contribution in [3.8, 4) is 0 Å². The molecule has 58 valence electrons. The maximum Gasteiger partial charge on any atom is 0.00107 e. The van der Waals surface area contributed by atoms with Gasteiger partial charge in [-0.25, -0.2) is 0 Å². The van der Waals surface area contributed by atoms with E-state index < -0.39 is 0 Å². The molecule has 0 spiro atoms. The van der Waals surface area contributed by atoms with E-state index in [2.05, 4.69) is 11.9 Å². The largest absolute Gasteiger partial charge is 0.403 e. The van der Waals surface area contributed by atoms with Crippen LogP contribution < -0.4 is 11.1 Å². The highest BCUT2D eigenvalue weighted by molar-refractivity contribution is 4.89. The number of nitrogens with one attached hydrogen (secondary N) is 1. The van der Waals surface area contributed by atoms with Crippen molar-refractivity contribution in [2.45, 2.75) is 19.3 Å². The summed E-state index contributed by atoms with van der Waals surface area (Å²) in [6.45, 7) is 5.99. The lowest BCUT2D eigenvalue weighted by atomic mass is 9.95. The molecule has 0 aliphatic carbocycles. The van der Waals surface area contributed by atoms with E-state index in [1.54, 1.807) is 0 Å². The molecule has 1 atom stereocenters. The van der Waals surface area contributed by atoms with E-state index in [0.29, 0.717) is 0 Å². The fourth-order valence-corrected chi connectivity index (χ4v) is 1.47. The molecule has 10 heavy (non-hydrogen) atoms. The van der Waals surface area contributed by atoms with E-state index in [1.165, 1.54) is 19.4 Å². The van der Waals surface area contributed by atoms with Crippen LogP contribution in [0.2, 0.25) is 0 Å². The molecule has 0 unspecified atom stereocenters. The minimum absolute atomic E-state index is 0.742. The zero-order valence-electron chi connectivity index (χ0n) is 6.40. The third-order valence-electron chi connectivity index (χ3n) is 1.95. The van der Waals surface area contributed by atoms with Gasteiger partial charge in [0.15, 0.2) is 0 Å². The Bertz CT molecular complexity index is 114. The van der Waals surface area contributed by atoms with Gasteiger partial charge in [-0.3, -0.25) is 0 Å². The van der Waals surface area contributed by atoms with Crippen LogP contribution in [0.1, 0.15) is 19.3 Å². The van der Waals surface area contributed by atoms with E-state index in [-0.39, 0.29) is 0 Å². The molecular formula is C8H16N2. The monoisotopic (exact) mass is 140 g/mol. The van der Waals surface area contributed by atoms with Crippen LogP contribution in [0.4, 0.5) is 0 Å². The number of allylic oxidation sites excluding steroid dienone is 1. The Morgan fingerprint density at radius 1 is 1.70 bits per heavy atom. The Labute approximate surface area is 62.5 Å². The molecule has 0 bridgehead atoms. The molecular weight excluding hydrogens is 124 g/mol. The maximum absolute atomic E-state index is 5.50. The average Bonchev–Trinajstić information content (AvgIpc) is 1.88. The maximum atomic E-state index is 5.50. The summed E-state index contributed by atoms with van der Waals surface area (Å²) in [4.78, 5) is 0. The first-order valence-electron chi connectivity index (χ1n) is 3.93. The molecule has 0 aromatic heterocycles. The summed E-state index contributed by atoms with van der Waals surface area (Å²) in [7, 11) is 0. The predicted octanol–water partition coefficient (Wildman–Crippen LogP) is 0.848. The van der Waals surface area contributed by atoms with Crippen molar-refractivity contribution in [1.29, 1.82) is 0 Å². The van der Waals surface area contributed by atoms with Crippen molar-refractivity contribution in [3.63, 3.8) is 0 Å². The van der Waals surface area contributed by atoms with Gasteiger partial charge in [0.25, 0.3) is 0 Å². The van der Waals surface area contributed by atoms with Crippen molar-refractivity contribution in [2.75, 3.05) is 13.1 Å². The smallest absolute Gasteiger partial charge is 0.00107 e. The fourth-order valence-electron chi connectivity index (χ4n) is 1.47. The third kappa shape index (κ3) is 2.40. The highest BCUT2D eigenvalue weighted by Crippen LogP contribution is 2.15. The van der Waals surface area contributed by atoms with Gasteiger partial charge in [0.2, 0.25) is 0 Å². The quantitative estimate of drug-likeness (QED) is 0.596. The van der Waals surface area contributed by atoms with Gasteiger partial charge in [0.05, 0.1) is 0 Å². The van der Waals surface area contributed by atoms with E-state index >= 15 is 0 Å². The van der Waals surface area contributed by atoms with E-state index in [9.17, 15) is 0 Å². The summed E-state index contributed by atoms with van der Waals surface area (Å²) in [6.07, 6.45) is 3.59. The fraction of sp³-hybridized carbons (Fsp3) is 0.750. The second-order valence-electron chi connectivity index (χ2n) is 3.07. The molecule has 0 saturated carbocycles. The SMILES string of the molecule is C=C(N)C[C@H]1CCCNC1. The zero-order valence-corrected chi connectivity index (χ0v) is 6.40. The highest BCUT2D eigenvalue weighted by atomic mass is 14.9. The van der Waals surface area contributed by atoms with E-state index in [4.69, 9.17) is 5.73 Å². The number of hydrogen-bond acceptors (Lipinski definition) is 2. The lowest BCUT2D eigenvalue weighted by Gasteiger charge is -2.22. The van der Waals surface area contributed by atoms with Gasteiger partial charge < -0.3 is 11.1 Å². The summed E-state index contributed by atoms with van der Waals surface area (Å²) >= 11 is 0. The first-order chi connectivity index (χ1) is 4.79. The number of piperidine rings is 1. The van der Waals surface area contributed by atoms with Gasteiger partial charge in [-0.15, -0.1) is 0 Å². The highest BCUT2D eigenvalue weighted by Gasteiger charge is 2.12. The standard InChI is InChI=1S/C8H16N2/c1-7(9)5-8-3-2-4-10-6-8/h8,10H,1-6,9H2/t8-/m1/s1. The van der Waals surface area contributed by atoms with Crippen LogP contribution in [0.3, 0.4) is 0 Å². The van der Waals surface area contributed by atoms with Crippen LogP contribution in [-0.4, -0.2) is 13.1 Å². The minimum Gasteiger partial charge on any atom is -0.403 e. The second-order valence-corrected chi connectivity index (χ2v) is 3.07. The molecule has 3 N–H and O–H groups in total. The lowest BCUT2D eigenvalue weighted by Crippen LogP contribution is -2.30. The zero-order chi connectivity index (χ0) is 7.40. The number of rotatable bonds is 2. The first kappa shape index (κ1) is 7.61. The average molecular weight is 140 g/mol. The van der Waals surface area contributed by atoms with Crippen LogP contribution in [0.15, 0.2) is 12.3 Å². The summed E-state index contributed by atoms with van der Waals surface area (Å²) in [5, 5.41) is 3.34. The number of hydrogen-bond donors (Lipinski definition) is 2. The Hall–Kier alpha value is -0.500. The van der Waals surface area contributed by atoms with Crippen LogP contribution >= 0.6 is 0 Å². The van der Waals surface area contributed by atoms with Crippen molar-refractivity contribution in [3.05, 3.63) is 12.3 Å². The molecule has 1 fully saturated rings. The molecule has 1 heterocycles. The Balaban J connectivity index is 2.19. The van der Waals surface area contributed by atoms with Gasteiger partial charge in [0, 0.05) is 5.70 Å². The van der Waals surface area contributed by atoms with Crippen LogP contribution in [0.25, 0.3) is 0 Å². The van der Waals surface area contributed by atoms with Gasteiger partial charge in [-0.05, 0) is 38.3 Å². The molecule has 1 aliphatic heterocycles. The first-order valence-corrected chi connectivity index (χ1v) is 3.93. The molecule has 2 heteroatoms. The third-order valence-corrected chi connectivity index (χ3v) is 1.95. The van der Waals surface area contributed by atoms with Crippen LogP contribution in [0.5, 0.6) is 0 Å². The topological polar surface area (TPSA) is 38.0 Å². The molecule has 1 rings (SSSR count). The van der Waals surface area contributed by atoms with Gasteiger partial charge in [-0.2, -0.15) is 0 Å². The van der Waals surface area contributed by atoms with Crippen LogP contribution in [0, 0.1) is 5.92 Å². The molecule has 0 aromatic rings. The Morgan fingerprint density at radius 3 is 3.00 bits per heavy atom. The summed E-state index contributed by atoms with van der Waals surface area (Å²) in [5.41, 5.74) is 6.33. The second kappa shape index (κ2) is 3.62.